The third-order valence-corrected chi connectivity index (χ3v) is 3.36. The van der Waals surface area contributed by atoms with E-state index in [0.29, 0.717) is 12.3 Å². The summed E-state index contributed by atoms with van der Waals surface area (Å²) in [5.74, 6) is 0.403. The Balaban J connectivity index is 1.71. The summed E-state index contributed by atoms with van der Waals surface area (Å²) in [6.45, 7) is 5.24. The average molecular weight is 287 g/mol. The van der Waals surface area contributed by atoms with Gasteiger partial charge in [-0.25, -0.2) is 9.97 Å². The minimum absolute atomic E-state index is 0.143. The Morgan fingerprint density at radius 2 is 2.33 bits per heavy atom. The van der Waals surface area contributed by atoms with Gasteiger partial charge in [0.05, 0.1) is 12.2 Å². The van der Waals surface area contributed by atoms with Crippen molar-refractivity contribution in [3.63, 3.8) is 0 Å². The molecule has 0 aliphatic heterocycles. The third kappa shape index (κ3) is 3.00. The van der Waals surface area contributed by atoms with Crippen molar-refractivity contribution in [1.29, 1.82) is 0 Å². The van der Waals surface area contributed by atoms with Crippen LogP contribution in [0.2, 0.25) is 0 Å². The Kier molecular flexibility index (Phi) is 3.78. The van der Waals surface area contributed by atoms with Crippen molar-refractivity contribution in [1.82, 2.24) is 34.3 Å². The monoisotopic (exact) mass is 287 g/mol. The summed E-state index contributed by atoms with van der Waals surface area (Å²) in [5.41, 5.74) is 0.588. The van der Waals surface area contributed by atoms with E-state index < -0.39 is 0 Å². The van der Waals surface area contributed by atoms with Crippen LogP contribution in [0.15, 0.2) is 35.6 Å². The molecule has 0 aliphatic carbocycles. The zero-order valence-corrected chi connectivity index (χ0v) is 11.8. The second-order valence-corrected chi connectivity index (χ2v) is 4.75. The highest BCUT2D eigenvalue weighted by atomic mass is 16.1. The van der Waals surface area contributed by atoms with Gasteiger partial charge in [0, 0.05) is 31.5 Å². The highest BCUT2D eigenvalue weighted by molar-refractivity contribution is 5.25. The van der Waals surface area contributed by atoms with Crippen molar-refractivity contribution in [2.24, 2.45) is 0 Å². The predicted molar refractivity (Wildman–Crippen MR) is 76.8 cm³/mol. The molecule has 3 aromatic heterocycles. The molecule has 3 rings (SSSR count). The molecular formula is C13H17N7O. The van der Waals surface area contributed by atoms with Crippen LogP contribution in [-0.2, 0) is 13.1 Å². The first-order valence-corrected chi connectivity index (χ1v) is 6.88. The zero-order valence-electron chi connectivity index (χ0n) is 11.8. The SMILES string of the molecule is CCN(CCn1cccn1)Cc1cc(=O)n2[nH]cnc2n1. The molecule has 8 heteroatoms. The summed E-state index contributed by atoms with van der Waals surface area (Å²) < 4.78 is 3.21. The number of nitrogens with one attached hydrogen (secondary N) is 1. The Labute approximate surface area is 121 Å². The van der Waals surface area contributed by atoms with Crippen LogP contribution in [-0.4, -0.2) is 47.4 Å². The first-order chi connectivity index (χ1) is 10.3. The average Bonchev–Trinajstić information content (AvgIpc) is 3.14. The van der Waals surface area contributed by atoms with Gasteiger partial charge in [0.1, 0.15) is 6.33 Å². The topological polar surface area (TPSA) is 84.1 Å². The van der Waals surface area contributed by atoms with Gasteiger partial charge >= 0.3 is 0 Å². The van der Waals surface area contributed by atoms with E-state index in [1.165, 1.54) is 10.8 Å². The van der Waals surface area contributed by atoms with Gasteiger partial charge in [0.25, 0.3) is 11.3 Å². The molecule has 0 fully saturated rings. The first kappa shape index (κ1) is 13.5. The number of nitrogens with zero attached hydrogens (tertiary/aromatic N) is 6. The fourth-order valence-corrected chi connectivity index (χ4v) is 2.20. The molecule has 0 saturated carbocycles. The number of fused-ring (bicyclic) bond motifs is 1. The van der Waals surface area contributed by atoms with Crippen LogP contribution in [0.4, 0.5) is 0 Å². The number of likely N-dealkylation sites (N-methyl/N-ethyl adjacent to an activating group) is 1. The van der Waals surface area contributed by atoms with Crippen molar-refractivity contribution < 1.29 is 0 Å². The predicted octanol–water partition coefficient (Wildman–Crippen LogP) is 0.136. The smallest absolute Gasteiger partial charge is 0.274 e. The molecule has 0 radical (unpaired) electrons. The summed E-state index contributed by atoms with van der Waals surface area (Å²) in [6, 6.07) is 3.45. The van der Waals surface area contributed by atoms with Gasteiger partial charge < -0.3 is 0 Å². The second kappa shape index (κ2) is 5.88. The maximum absolute atomic E-state index is 11.9. The van der Waals surface area contributed by atoms with E-state index in [4.69, 9.17) is 0 Å². The van der Waals surface area contributed by atoms with Crippen LogP contribution in [0, 0.1) is 0 Å². The summed E-state index contributed by atoms with van der Waals surface area (Å²) in [5, 5.41) is 6.92. The zero-order chi connectivity index (χ0) is 14.7. The van der Waals surface area contributed by atoms with Crippen LogP contribution >= 0.6 is 0 Å². The molecule has 0 spiro atoms. The van der Waals surface area contributed by atoms with Crippen LogP contribution in [0.5, 0.6) is 0 Å². The van der Waals surface area contributed by atoms with Crippen LogP contribution in [0.3, 0.4) is 0 Å². The first-order valence-electron chi connectivity index (χ1n) is 6.88. The minimum atomic E-state index is -0.143. The largest absolute Gasteiger partial charge is 0.296 e. The number of aromatic nitrogens is 6. The van der Waals surface area contributed by atoms with Gasteiger partial charge in [0.15, 0.2) is 0 Å². The van der Waals surface area contributed by atoms with Crippen molar-refractivity contribution in [2.75, 3.05) is 13.1 Å². The molecule has 21 heavy (non-hydrogen) atoms. The Morgan fingerprint density at radius 1 is 1.43 bits per heavy atom. The number of hydrogen-bond acceptors (Lipinski definition) is 5. The van der Waals surface area contributed by atoms with Crippen LogP contribution in [0.25, 0.3) is 5.78 Å². The number of aromatic amines is 1. The Hall–Kier alpha value is -2.48. The lowest BCUT2D eigenvalue weighted by Gasteiger charge is -2.19. The second-order valence-electron chi connectivity index (χ2n) is 4.75. The molecule has 3 aromatic rings. The van der Waals surface area contributed by atoms with Gasteiger partial charge in [-0.1, -0.05) is 6.92 Å². The molecule has 0 bridgehead atoms. The van der Waals surface area contributed by atoms with Gasteiger partial charge in [-0.2, -0.15) is 9.61 Å². The van der Waals surface area contributed by atoms with Gasteiger partial charge in [-0.3, -0.25) is 19.5 Å². The van der Waals surface area contributed by atoms with E-state index in [0.717, 1.165) is 25.3 Å². The summed E-state index contributed by atoms with van der Waals surface area (Å²) >= 11 is 0. The third-order valence-electron chi connectivity index (χ3n) is 3.36. The van der Waals surface area contributed by atoms with E-state index >= 15 is 0 Å². The van der Waals surface area contributed by atoms with Crippen molar-refractivity contribution in [2.45, 2.75) is 20.0 Å². The molecule has 1 N–H and O–H groups in total. The van der Waals surface area contributed by atoms with E-state index in [-0.39, 0.29) is 5.56 Å². The lowest BCUT2D eigenvalue weighted by atomic mass is 10.3. The van der Waals surface area contributed by atoms with E-state index in [1.54, 1.807) is 12.3 Å². The number of hydrogen-bond donors (Lipinski definition) is 1. The van der Waals surface area contributed by atoms with Crippen molar-refractivity contribution in [3.8, 4) is 0 Å². The quantitative estimate of drug-likeness (QED) is 0.697. The van der Waals surface area contributed by atoms with Crippen LogP contribution < -0.4 is 5.56 Å². The Bertz CT molecular complexity index is 758. The molecule has 3 heterocycles. The maximum Gasteiger partial charge on any atom is 0.274 e. The van der Waals surface area contributed by atoms with E-state index in [1.807, 2.05) is 16.9 Å². The molecule has 0 unspecified atom stereocenters. The van der Waals surface area contributed by atoms with Gasteiger partial charge in [-0.15, -0.1) is 0 Å². The molecule has 0 aliphatic rings. The highest BCUT2D eigenvalue weighted by Gasteiger charge is 2.09. The summed E-state index contributed by atoms with van der Waals surface area (Å²) in [6.07, 6.45) is 5.17. The fourth-order valence-electron chi connectivity index (χ4n) is 2.20. The van der Waals surface area contributed by atoms with Gasteiger partial charge in [-0.05, 0) is 12.6 Å². The molecule has 0 atom stereocenters. The van der Waals surface area contributed by atoms with Crippen molar-refractivity contribution >= 4 is 5.78 Å². The molecule has 0 amide bonds. The lowest BCUT2D eigenvalue weighted by Crippen LogP contribution is -2.28. The van der Waals surface area contributed by atoms with Gasteiger partial charge in [0.2, 0.25) is 0 Å². The normalized spacial score (nSPS) is 11.5. The molecule has 0 aromatic carbocycles. The fraction of sp³-hybridized carbons (Fsp3) is 0.385. The molecule has 8 nitrogen and oxygen atoms in total. The molecule has 110 valence electrons. The minimum Gasteiger partial charge on any atom is -0.296 e. The molecular weight excluding hydrogens is 270 g/mol. The number of rotatable bonds is 6. The number of H-pyrrole nitrogens is 1. The van der Waals surface area contributed by atoms with E-state index in [2.05, 4.69) is 32.0 Å². The molecule has 0 saturated heterocycles. The summed E-state index contributed by atoms with van der Waals surface area (Å²) in [7, 11) is 0. The summed E-state index contributed by atoms with van der Waals surface area (Å²) in [4.78, 5) is 22.5. The van der Waals surface area contributed by atoms with E-state index in [9.17, 15) is 4.79 Å². The highest BCUT2D eigenvalue weighted by Crippen LogP contribution is 2.01. The standard InChI is InChI=1S/C13H17N7O/c1-2-18(6-7-19-5-3-4-15-19)9-11-8-12(21)20-13(17-11)14-10-16-20/h3-5,8,10H,2,6-7,9H2,1H3,(H,14,16,17). The Morgan fingerprint density at radius 3 is 3.10 bits per heavy atom. The lowest BCUT2D eigenvalue weighted by molar-refractivity contribution is 0.260. The maximum atomic E-state index is 11.9. The van der Waals surface area contributed by atoms with Crippen molar-refractivity contribution in [3.05, 3.63) is 46.9 Å². The van der Waals surface area contributed by atoms with Crippen LogP contribution in [0.1, 0.15) is 12.6 Å².